The van der Waals surface area contributed by atoms with Crippen LogP contribution in [0.25, 0.3) is 0 Å². The summed E-state index contributed by atoms with van der Waals surface area (Å²) in [5, 5.41) is 0. The first-order chi connectivity index (χ1) is 10.2. The van der Waals surface area contributed by atoms with Gasteiger partial charge in [0.15, 0.2) is 0 Å². The van der Waals surface area contributed by atoms with Crippen LogP contribution in [0.5, 0.6) is 0 Å². The minimum atomic E-state index is -4.32. The molecular weight excluding hydrogens is 291 g/mol. The van der Waals surface area contributed by atoms with E-state index in [1.54, 1.807) is 6.07 Å². The van der Waals surface area contributed by atoms with E-state index >= 15 is 0 Å². The molecule has 1 unspecified atom stereocenters. The molecule has 1 aromatic rings. The maximum atomic E-state index is 12.9. The quantitative estimate of drug-likeness (QED) is 0.817. The molecule has 2 nitrogen and oxygen atoms in total. The zero-order chi connectivity index (χ0) is 15.8. The number of fused-ring (bicyclic) bond motifs is 1. The first-order valence-corrected chi connectivity index (χ1v) is 7.72. The number of carbonyl (C=O) groups is 1. The summed E-state index contributed by atoms with van der Waals surface area (Å²) in [4.78, 5) is 14.3. The number of likely N-dealkylation sites (tertiary alicyclic amines) is 1. The molecule has 1 saturated heterocycles. The number of halogens is 3. The minimum Gasteiger partial charge on any atom is -0.341 e. The van der Waals surface area contributed by atoms with E-state index < -0.39 is 11.7 Å². The first kappa shape index (κ1) is 14.1. The predicted molar refractivity (Wildman–Crippen MR) is 75.2 cm³/mol. The third-order valence-electron chi connectivity index (χ3n) is 5.76. The van der Waals surface area contributed by atoms with E-state index in [1.165, 1.54) is 12.1 Å². The second-order valence-electron chi connectivity index (χ2n) is 7.38. The Bertz CT molecular complexity index is 648. The third-order valence-corrected chi connectivity index (χ3v) is 5.76. The van der Waals surface area contributed by atoms with E-state index in [1.807, 2.05) is 11.8 Å². The van der Waals surface area contributed by atoms with E-state index in [-0.39, 0.29) is 16.7 Å². The van der Waals surface area contributed by atoms with Gasteiger partial charge in [-0.1, -0.05) is 25.1 Å². The molecule has 0 radical (unpaired) electrons. The van der Waals surface area contributed by atoms with E-state index in [2.05, 4.69) is 0 Å². The third kappa shape index (κ3) is 1.97. The summed E-state index contributed by atoms with van der Waals surface area (Å²) in [6, 6.07) is 5.55. The minimum absolute atomic E-state index is 0.0565. The van der Waals surface area contributed by atoms with Crippen molar-refractivity contribution in [1.29, 1.82) is 0 Å². The highest BCUT2D eigenvalue weighted by Crippen LogP contribution is 2.76. The Morgan fingerprint density at radius 3 is 2.59 bits per heavy atom. The lowest BCUT2D eigenvalue weighted by Crippen LogP contribution is -2.35. The van der Waals surface area contributed by atoms with Crippen molar-refractivity contribution >= 4 is 5.91 Å². The second-order valence-corrected chi connectivity index (χ2v) is 7.38. The fourth-order valence-electron chi connectivity index (χ4n) is 3.81. The van der Waals surface area contributed by atoms with Crippen LogP contribution in [0.2, 0.25) is 0 Å². The van der Waals surface area contributed by atoms with Crippen LogP contribution in [0.1, 0.15) is 37.3 Å². The lowest BCUT2D eigenvalue weighted by atomic mass is 9.81. The summed E-state index contributed by atoms with van der Waals surface area (Å²) in [5.41, 5.74) is -0.372. The van der Waals surface area contributed by atoms with Gasteiger partial charge in [-0.15, -0.1) is 0 Å². The number of amides is 1. The van der Waals surface area contributed by atoms with Crippen LogP contribution in [-0.2, 0) is 16.4 Å². The van der Waals surface area contributed by atoms with Gasteiger partial charge in [0.05, 0.1) is 11.0 Å². The molecule has 3 fully saturated rings. The molecule has 1 atom stereocenters. The number of rotatable bonds is 2. The van der Waals surface area contributed by atoms with Gasteiger partial charge in [0.2, 0.25) is 5.91 Å². The van der Waals surface area contributed by atoms with Crippen molar-refractivity contribution in [3.8, 4) is 0 Å². The largest absolute Gasteiger partial charge is 0.416 e. The van der Waals surface area contributed by atoms with Gasteiger partial charge in [0.25, 0.3) is 0 Å². The Labute approximate surface area is 127 Å². The van der Waals surface area contributed by atoms with Gasteiger partial charge in [0.1, 0.15) is 0 Å². The Balaban J connectivity index is 1.56. The van der Waals surface area contributed by atoms with Crippen molar-refractivity contribution < 1.29 is 18.0 Å². The number of carbonyl (C=O) groups excluding carboxylic acids is 1. The van der Waals surface area contributed by atoms with Crippen molar-refractivity contribution in [2.45, 2.75) is 37.8 Å². The summed E-state index contributed by atoms with van der Waals surface area (Å²) in [7, 11) is 0. The van der Waals surface area contributed by atoms with Crippen LogP contribution in [0, 0.1) is 11.3 Å². The van der Waals surface area contributed by atoms with E-state index in [0.29, 0.717) is 24.6 Å². The molecule has 118 valence electrons. The molecule has 1 amide bonds. The first-order valence-electron chi connectivity index (χ1n) is 7.72. The molecule has 22 heavy (non-hydrogen) atoms. The van der Waals surface area contributed by atoms with Crippen molar-refractivity contribution in [2.75, 3.05) is 13.1 Å². The van der Waals surface area contributed by atoms with Gasteiger partial charge >= 0.3 is 6.18 Å². The van der Waals surface area contributed by atoms with Gasteiger partial charge in [-0.05, 0) is 36.8 Å². The molecule has 1 aliphatic heterocycles. The number of alkyl halides is 3. The normalized spacial score (nSPS) is 36.2. The van der Waals surface area contributed by atoms with Gasteiger partial charge in [-0.2, -0.15) is 13.2 Å². The maximum absolute atomic E-state index is 12.9. The number of nitrogens with zero attached hydrogens (tertiary/aromatic N) is 1. The SMILES string of the molecule is CC1(c2cccc(C(F)(F)F)c2)CCN(C(=O)C23CC2C3)C1. The average Bonchev–Trinajstić information content (AvgIpc) is 3.28. The van der Waals surface area contributed by atoms with Crippen LogP contribution < -0.4 is 0 Å². The van der Waals surface area contributed by atoms with Crippen LogP contribution in [0.15, 0.2) is 24.3 Å². The molecule has 0 N–H and O–H groups in total. The summed E-state index contributed by atoms with van der Waals surface area (Å²) in [6.45, 7) is 3.15. The lowest BCUT2D eigenvalue weighted by Gasteiger charge is -2.26. The van der Waals surface area contributed by atoms with Crippen LogP contribution in [-0.4, -0.2) is 23.9 Å². The Morgan fingerprint density at radius 1 is 1.32 bits per heavy atom. The highest BCUT2D eigenvalue weighted by Gasteiger charge is 2.75. The van der Waals surface area contributed by atoms with E-state index in [9.17, 15) is 18.0 Å². The zero-order valence-electron chi connectivity index (χ0n) is 12.4. The molecule has 2 saturated carbocycles. The molecule has 1 heterocycles. The van der Waals surface area contributed by atoms with Crippen LogP contribution in [0.3, 0.4) is 0 Å². The molecule has 3 aliphatic rings. The fourth-order valence-corrected chi connectivity index (χ4v) is 3.81. The number of benzene rings is 1. The molecule has 4 rings (SSSR count). The van der Waals surface area contributed by atoms with Crippen molar-refractivity contribution in [2.24, 2.45) is 11.3 Å². The van der Waals surface area contributed by atoms with Gasteiger partial charge in [0, 0.05) is 18.5 Å². The van der Waals surface area contributed by atoms with E-state index in [0.717, 1.165) is 25.3 Å². The topological polar surface area (TPSA) is 20.3 Å². The Kier molecular flexibility index (Phi) is 2.60. The van der Waals surface area contributed by atoms with Crippen LogP contribution >= 0.6 is 0 Å². The Morgan fingerprint density at radius 2 is 2.00 bits per heavy atom. The van der Waals surface area contributed by atoms with Crippen LogP contribution in [0.4, 0.5) is 13.2 Å². The predicted octanol–water partition coefficient (Wildman–Crippen LogP) is 3.61. The lowest BCUT2D eigenvalue weighted by molar-refractivity contribution is -0.137. The molecule has 1 aromatic carbocycles. The molecular formula is C17H18F3NO. The highest BCUT2D eigenvalue weighted by molar-refractivity contribution is 5.90. The molecule has 0 aromatic heterocycles. The molecule has 0 bridgehead atoms. The monoisotopic (exact) mass is 309 g/mol. The second kappa shape index (κ2) is 4.06. The average molecular weight is 309 g/mol. The zero-order valence-corrected chi connectivity index (χ0v) is 12.4. The summed E-state index contributed by atoms with van der Waals surface area (Å²) in [5.74, 6) is 0.827. The smallest absolute Gasteiger partial charge is 0.341 e. The maximum Gasteiger partial charge on any atom is 0.416 e. The summed E-state index contributed by atoms with van der Waals surface area (Å²) >= 11 is 0. The number of hydrogen-bond acceptors (Lipinski definition) is 1. The van der Waals surface area contributed by atoms with Gasteiger partial charge in [-0.3, -0.25) is 4.79 Å². The van der Waals surface area contributed by atoms with Crippen molar-refractivity contribution in [3.05, 3.63) is 35.4 Å². The highest BCUT2D eigenvalue weighted by atomic mass is 19.4. The van der Waals surface area contributed by atoms with Gasteiger partial charge in [-0.25, -0.2) is 0 Å². The molecule has 0 spiro atoms. The van der Waals surface area contributed by atoms with Crippen molar-refractivity contribution in [1.82, 2.24) is 4.90 Å². The molecule has 2 aliphatic carbocycles. The molecule has 5 heteroatoms. The van der Waals surface area contributed by atoms with Crippen molar-refractivity contribution in [3.63, 3.8) is 0 Å². The Hall–Kier alpha value is -1.52. The van der Waals surface area contributed by atoms with E-state index in [4.69, 9.17) is 0 Å². The summed E-state index contributed by atoms with van der Waals surface area (Å²) < 4.78 is 38.7. The number of hydrogen-bond donors (Lipinski definition) is 0. The standard InChI is InChI=1S/C17H18F3NO/c1-15(11-3-2-4-12(7-11)17(18,19)20)5-6-21(10-15)14(22)16-8-13(16)9-16/h2-4,7,13H,5-6,8-10H2,1H3. The van der Waals surface area contributed by atoms with Gasteiger partial charge < -0.3 is 4.90 Å². The summed E-state index contributed by atoms with van der Waals surface area (Å²) in [6.07, 6.45) is -1.57. The fraction of sp³-hybridized carbons (Fsp3) is 0.588.